The molecule has 0 spiro atoms. The van der Waals surface area contributed by atoms with Crippen LogP contribution in [0.3, 0.4) is 0 Å². The van der Waals surface area contributed by atoms with E-state index < -0.39 is 0 Å². The number of carbonyl (C=O) groups excluding carboxylic acids is 1. The molecule has 18 heavy (non-hydrogen) atoms. The summed E-state index contributed by atoms with van der Waals surface area (Å²) in [5, 5.41) is 12.4. The molecule has 1 amide bonds. The molecule has 98 valence electrons. The highest BCUT2D eigenvalue weighted by Crippen LogP contribution is 2.13. The molecule has 1 N–H and O–H groups in total. The topological polar surface area (TPSA) is 57.1 Å². The van der Waals surface area contributed by atoms with E-state index in [-0.39, 0.29) is 5.91 Å². The minimum Gasteiger partial charge on any atom is -0.352 e. The molecule has 0 unspecified atom stereocenters. The van der Waals surface area contributed by atoms with Gasteiger partial charge in [-0.25, -0.2) is 0 Å². The van der Waals surface area contributed by atoms with Crippen LogP contribution in [0.25, 0.3) is 0 Å². The molecule has 0 aliphatic carbocycles. The summed E-state index contributed by atoms with van der Waals surface area (Å²) in [4.78, 5) is 11.7. The number of hydrogen-bond donors (Lipinski definition) is 1. The Morgan fingerprint density at radius 2 is 1.94 bits per heavy atom. The second-order valence-electron chi connectivity index (χ2n) is 4.19. The van der Waals surface area contributed by atoms with Crippen molar-refractivity contribution < 1.29 is 4.79 Å². The van der Waals surface area contributed by atoms with E-state index >= 15 is 0 Å². The van der Waals surface area contributed by atoms with Crippen LogP contribution in [-0.2, 0) is 0 Å². The van der Waals surface area contributed by atoms with Gasteiger partial charge in [0.25, 0.3) is 5.91 Å². The number of nitrogens with one attached hydrogen (secondary N) is 1. The van der Waals surface area contributed by atoms with Crippen LogP contribution in [0.5, 0.6) is 0 Å². The van der Waals surface area contributed by atoms with E-state index in [2.05, 4.69) is 22.6 Å². The van der Waals surface area contributed by atoms with E-state index in [9.17, 15) is 4.79 Å². The Kier molecular flexibility index (Phi) is 5.84. The number of benzene rings is 1. The summed E-state index contributed by atoms with van der Waals surface area (Å²) < 4.78 is 0. The Morgan fingerprint density at radius 1 is 1.28 bits per heavy atom. The molecule has 1 aromatic rings. The summed E-state index contributed by atoms with van der Waals surface area (Å²) in [6, 6.07) is 7.07. The Labute approximate surface area is 108 Å². The minimum atomic E-state index is -0.0421. The summed E-state index contributed by atoms with van der Waals surface area (Å²) in [7, 11) is 3.61. The smallest absolute Gasteiger partial charge is 0.251 e. The summed E-state index contributed by atoms with van der Waals surface area (Å²) in [6.45, 7) is 2.81. The Bertz CT molecular complexity index is 398. The summed E-state index contributed by atoms with van der Waals surface area (Å²) in [5.74, 6) is -0.0421. The average Bonchev–Trinajstić information content (AvgIpc) is 2.37. The van der Waals surface area contributed by atoms with Crippen LogP contribution in [0.2, 0.25) is 0 Å². The highest BCUT2D eigenvalue weighted by atomic mass is 16.1. The third-order valence-electron chi connectivity index (χ3n) is 2.28. The molecule has 5 nitrogen and oxygen atoms in total. The van der Waals surface area contributed by atoms with Crippen molar-refractivity contribution >= 4 is 11.6 Å². The van der Waals surface area contributed by atoms with Crippen molar-refractivity contribution in [3.63, 3.8) is 0 Å². The van der Waals surface area contributed by atoms with Gasteiger partial charge in [-0.1, -0.05) is 18.6 Å². The SMILES string of the molecule is CCCCNC(=O)c1ccc(N=NN(C)C)cc1. The molecule has 0 radical (unpaired) electrons. The zero-order chi connectivity index (χ0) is 13.4. The van der Waals surface area contributed by atoms with Crippen molar-refractivity contribution in [3.8, 4) is 0 Å². The van der Waals surface area contributed by atoms with E-state index in [0.29, 0.717) is 5.56 Å². The fourth-order valence-electron chi connectivity index (χ4n) is 1.30. The first-order valence-corrected chi connectivity index (χ1v) is 6.10. The van der Waals surface area contributed by atoms with Gasteiger partial charge in [0.15, 0.2) is 0 Å². The van der Waals surface area contributed by atoms with Crippen LogP contribution in [0.15, 0.2) is 34.6 Å². The second-order valence-corrected chi connectivity index (χ2v) is 4.19. The van der Waals surface area contributed by atoms with Crippen LogP contribution in [-0.4, -0.2) is 31.6 Å². The van der Waals surface area contributed by atoms with E-state index in [0.717, 1.165) is 25.1 Å². The van der Waals surface area contributed by atoms with Crippen LogP contribution >= 0.6 is 0 Å². The van der Waals surface area contributed by atoms with Gasteiger partial charge in [0, 0.05) is 26.2 Å². The maximum atomic E-state index is 11.7. The van der Waals surface area contributed by atoms with E-state index in [1.807, 2.05) is 0 Å². The molecule has 1 rings (SSSR count). The lowest BCUT2D eigenvalue weighted by Gasteiger charge is -2.04. The largest absolute Gasteiger partial charge is 0.352 e. The molecule has 0 aliphatic heterocycles. The lowest BCUT2D eigenvalue weighted by Crippen LogP contribution is -2.24. The monoisotopic (exact) mass is 248 g/mol. The molecular weight excluding hydrogens is 228 g/mol. The first kappa shape index (κ1) is 14.2. The number of unbranched alkanes of at least 4 members (excludes halogenated alkanes) is 1. The molecule has 0 aliphatic rings. The van der Waals surface area contributed by atoms with Gasteiger partial charge in [-0.15, -0.1) is 5.11 Å². The number of rotatable bonds is 6. The molecular formula is C13H20N4O. The predicted octanol–water partition coefficient (Wildman–Crippen LogP) is 2.78. The number of hydrogen-bond acceptors (Lipinski definition) is 3. The zero-order valence-electron chi connectivity index (χ0n) is 11.2. The number of nitrogens with zero attached hydrogens (tertiary/aromatic N) is 3. The highest BCUT2D eigenvalue weighted by Gasteiger charge is 2.03. The molecule has 0 fully saturated rings. The maximum absolute atomic E-state index is 11.7. The Morgan fingerprint density at radius 3 is 2.50 bits per heavy atom. The van der Waals surface area contributed by atoms with Crippen LogP contribution in [0.1, 0.15) is 30.1 Å². The lowest BCUT2D eigenvalue weighted by atomic mass is 10.2. The second kappa shape index (κ2) is 7.42. The molecule has 1 aromatic carbocycles. The van der Waals surface area contributed by atoms with Crippen LogP contribution in [0, 0.1) is 0 Å². The van der Waals surface area contributed by atoms with E-state index in [1.54, 1.807) is 43.4 Å². The Balaban J connectivity index is 2.56. The van der Waals surface area contributed by atoms with Gasteiger partial charge in [0.2, 0.25) is 0 Å². The summed E-state index contributed by atoms with van der Waals surface area (Å²) in [6.07, 6.45) is 2.07. The Hall–Kier alpha value is -1.91. The average molecular weight is 248 g/mol. The van der Waals surface area contributed by atoms with E-state index in [4.69, 9.17) is 0 Å². The molecule has 0 saturated heterocycles. The normalized spacial score (nSPS) is 10.6. The minimum absolute atomic E-state index is 0.0421. The van der Waals surface area contributed by atoms with Gasteiger partial charge in [-0.3, -0.25) is 9.80 Å². The number of carbonyl (C=O) groups is 1. The van der Waals surface area contributed by atoms with Gasteiger partial charge >= 0.3 is 0 Å². The zero-order valence-corrected chi connectivity index (χ0v) is 11.2. The van der Waals surface area contributed by atoms with Gasteiger partial charge in [-0.05, 0) is 30.7 Å². The van der Waals surface area contributed by atoms with Gasteiger partial charge in [-0.2, -0.15) is 0 Å². The molecule has 0 aromatic heterocycles. The maximum Gasteiger partial charge on any atom is 0.251 e. The van der Waals surface area contributed by atoms with Gasteiger partial charge in [0.05, 0.1) is 5.69 Å². The summed E-state index contributed by atoms with van der Waals surface area (Å²) in [5.41, 5.74) is 1.38. The third-order valence-corrected chi connectivity index (χ3v) is 2.28. The quantitative estimate of drug-likeness (QED) is 0.478. The molecule has 0 saturated carbocycles. The first-order valence-electron chi connectivity index (χ1n) is 6.10. The first-order chi connectivity index (χ1) is 8.63. The highest BCUT2D eigenvalue weighted by molar-refractivity contribution is 5.94. The molecule has 0 bridgehead atoms. The van der Waals surface area contributed by atoms with Crippen molar-refractivity contribution in [2.75, 3.05) is 20.6 Å². The molecule has 0 atom stereocenters. The fraction of sp³-hybridized carbons (Fsp3) is 0.462. The summed E-state index contributed by atoms with van der Waals surface area (Å²) >= 11 is 0. The van der Waals surface area contributed by atoms with E-state index in [1.165, 1.54) is 0 Å². The standard InChI is InChI=1S/C13H20N4O/c1-4-5-10-14-13(18)11-6-8-12(9-7-11)15-16-17(2)3/h6-9H,4-5,10H2,1-3H3,(H,14,18). The van der Waals surface area contributed by atoms with Crippen LogP contribution < -0.4 is 5.32 Å². The van der Waals surface area contributed by atoms with Crippen molar-refractivity contribution in [1.29, 1.82) is 0 Å². The van der Waals surface area contributed by atoms with Gasteiger partial charge in [0.1, 0.15) is 0 Å². The van der Waals surface area contributed by atoms with Crippen molar-refractivity contribution in [2.45, 2.75) is 19.8 Å². The van der Waals surface area contributed by atoms with Crippen molar-refractivity contribution in [1.82, 2.24) is 10.3 Å². The lowest BCUT2D eigenvalue weighted by molar-refractivity contribution is 0.0953. The molecule has 5 heteroatoms. The van der Waals surface area contributed by atoms with Gasteiger partial charge < -0.3 is 5.32 Å². The molecule has 0 heterocycles. The fourth-order valence-corrected chi connectivity index (χ4v) is 1.30. The predicted molar refractivity (Wildman–Crippen MR) is 71.9 cm³/mol. The van der Waals surface area contributed by atoms with Crippen LogP contribution in [0.4, 0.5) is 5.69 Å². The third kappa shape index (κ3) is 4.95. The van der Waals surface area contributed by atoms with Crippen molar-refractivity contribution in [2.24, 2.45) is 10.3 Å². The van der Waals surface area contributed by atoms with Crippen molar-refractivity contribution in [3.05, 3.63) is 29.8 Å². The number of amides is 1.